The van der Waals surface area contributed by atoms with Gasteiger partial charge in [-0.2, -0.15) is 5.10 Å². The standard InChI is InChI=1S/C25H34N4OS/c1-8-9-12-28(6)22-14-19(10-11-23(22)30-7)29-24(26-27-25(29)31)21-15-20(16(2)3)17(4)13-18(21)5/h10-11,13-16H,8-9,12H2,1-7H3,(H,27,31). The molecule has 0 amide bonds. The maximum absolute atomic E-state index is 5.65. The van der Waals surface area contributed by atoms with Gasteiger partial charge < -0.3 is 9.64 Å². The van der Waals surface area contributed by atoms with E-state index < -0.39 is 0 Å². The van der Waals surface area contributed by atoms with Gasteiger partial charge in [0.2, 0.25) is 0 Å². The van der Waals surface area contributed by atoms with Crippen LogP contribution in [0.25, 0.3) is 17.1 Å². The summed E-state index contributed by atoms with van der Waals surface area (Å²) in [5, 5.41) is 7.63. The molecule has 1 heterocycles. The molecule has 0 aliphatic heterocycles. The van der Waals surface area contributed by atoms with Gasteiger partial charge in [-0.1, -0.05) is 33.3 Å². The van der Waals surface area contributed by atoms with Crippen LogP contribution in [0.2, 0.25) is 0 Å². The lowest BCUT2D eigenvalue weighted by Gasteiger charge is -2.23. The van der Waals surface area contributed by atoms with Crippen molar-refractivity contribution in [3.05, 3.63) is 51.8 Å². The maximum atomic E-state index is 5.65. The summed E-state index contributed by atoms with van der Waals surface area (Å²) in [7, 11) is 3.82. The van der Waals surface area contributed by atoms with Crippen molar-refractivity contribution in [2.45, 2.75) is 53.4 Å². The molecule has 1 N–H and O–H groups in total. The van der Waals surface area contributed by atoms with E-state index in [0.29, 0.717) is 10.7 Å². The number of aryl methyl sites for hydroxylation is 2. The summed E-state index contributed by atoms with van der Waals surface area (Å²) < 4.78 is 8.24. The first kappa shape index (κ1) is 23.1. The molecule has 0 atom stereocenters. The number of hydrogen-bond acceptors (Lipinski definition) is 4. The van der Waals surface area contributed by atoms with Crippen molar-refractivity contribution in [2.24, 2.45) is 0 Å². The van der Waals surface area contributed by atoms with E-state index in [0.717, 1.165) is 47.9 Å². The van der Waals surface area contributed by atoms with E-state index in [1.165, 1.54) is 16.7 Å². The van der Waals surface area contributed by atoms with Crippen molar-refractivity contribution in [1.29, 1.82) is 0 Å². The van der Waals surface area contributed by atoms with Crippen LogP contribution < -0.4 is 9.64 Å². The van der Waals surface area contributed by atoms with Crippen molar-refractivity contribution >= 4 is 17.9 Å². The number of rotatable bonds is 8. The topological polar surface area (TPSA) is 46.1 Å². The molecular formula is C25H34N4OS. The summed E-state index contributed by atoms with van der Waals surface area (Å²) in [6, 6.07) is 10.7. The Hall–Kier alpha value is -2.60. The Bertz CT molecular complexity index is 1110. The molecule has 0 spiro atoms. The Kier molecular flexibility index (Phi) is 7.21. The van der Waals surface area contributed by atoms with Crippen LogP contribution in [0.15, 0.2) is 30.3 Å². The lowest BCUT2D eigenvalue weighted by molar-refractivity contribution is 0.414. The second-order valence-electron chi connectivity index (χ2n) is 8.50. The fourth-order valence-corrected chi connectivity index (χ4v) is 4.32. The number of unbranched alkanes of at least 4 members (excludes halogenated alkanes) is 1. The lowest BCUT2D eigenvalue weighted by Crippen LogP contribution is -2.19. The van der Waals surface area contributed by atoms with Gasteiger partial charge in [-0.3, -0.25) is 9.67 Å². The third-order valence-electron chi connectivity index (χ3n) is 5.83. The van der Waals surface area contributed by atoms with Gasteiger partial charge in [0.15, 0.2) is 10.6 Å². The smallest absolute Gasteiger partial charge is 0.200 e. The van der Waals surface area contributed by atoms with Gasteiger partial charge in [0, 0.05) is 19.2 Å². The Morgan fingerprint density at radius 1 is 1.16 bits per heavy atom. The van der Waals surface area contributed by atoms with Gasteiger partial charge in [0.05, 0.1) is 18.5 Å². The number of nitrogens with zero attached hydrogens (tertiary/aromatic N) is 3. The average Bonchev–Trinajstić information content (AvgIpc) is 3.12. The zero-order chi connectivity index (χ0) is 22.7. The van der Waals surface area contributed by atoms with E-state index in [4.69, 9.17) is 17.0 Å². The van der Waals surface area contributed by atoms with Gasteiger partial charge in [-0.15, -0.1) is 0 Å². The van der Waals surface area contributed by atoms with Crippen molar-refractivity contribution in [3.8, 4) is 22.8 Å². The molecule has 166 valence electrons. The molecule has 31 heavy (non-hydrogen) atoms. The fourth-order valence-electron chi connectivity index (χ4n) is 4.08. The first-order chi connectivity index (χ1) is 14.8. The van der Waals surface area contributed by atoms with E-state index in [2.05, 4.69) is 75.0 Å². The maximum Gasteiger partial charge on any atom is 0.200 e. The molecule has 0 saturated carbocycles. The van der Waals surface area contributed by atoms with Crippen LogP contribution in [-0.2, 0) is 0 Å². The molecule has 1 aromatic heterocycles. The predicted octanol–water partition coefficient (Wildman–Crippen LogP) is 6.58. The average molecular weight is 439 g/mol. The minimum Gasteiger partial charge on any atom is -0.495 e. The van der Waals surface area contributed by atoms with Crippen LogP contribution in [0.5, 0.6) is 5.75 Å². The number of H-pyrrole nitrogens is 1. The predicted molar refractivity (Wildman–Crippen MR) is 132 cm³/mol. The molecule has 0 fully saturated rings. The summed E-state index contributed by atoms with van der Waals surface area (Å²) in [5.41, 5.74) is 6.94. The van der Waals surface area contributed by atoms with Crippen LogP contribution >= 0.6 is 12.2 Å². The van der Waals surface area contributed by atoms with E-state index in [-0.39, 0.29) is 0 Å². The Morgan fingerprint density at radius 2 is 1.90 bits per heavy atom. The van der Waals surface area contributed by atoms with E-state index in [1.807, 2.05) is 16.7 Å². The zero-order valence-electron chi connectivity index (χ0n) is 19.7. The van der Waals surface area contributed by atoms with Crippen LogP contribution in [0.1, 0.15) is 56.2 Å². The molecule has 3 rings (SSSR count). The quantitative estimate of drug-likeness (QED) is 0.403. The van der Waals surface area contributed by atoms with Crippen molar-refractivity contribution in [1.82, 2.24) is 14.8 Å². The zero-order valence-corrected chi connectivity index (χ0v) is 20.6. The molecule has 6 heteroatoms. The molecule has 3 aromatic rings. The Balaban J connectivity index is 2.16. The van der Waals surface area contributed by atoms with Crippen LogP contribution in [-0.4, -0.2) is 35.5 Å². The van der Waals surface area contributed by atoms with E-state index in [9.17, 15) is 0 Å². The largest absolute Gasteiger partial charge is 0.495 e. The number of hydrogen-bond donors (Lipinski definition) is 1. The number of anilines is 1. The number of aromatic nitrogens is 3. The van der Waals surface area contributed by atoms with Crippen molar-refractivity contribution in [3.63, 3.8) is 0 Å². The minimum atomic E-state index is 0.439. The summed E-state index contributed by atoms with van der Waals surface area (Å²) in [5.74, 6) is 2.12. The van der Waals surface area contributed by atoms with Gasteiger partial charge in [-0.25, -0.2) is 0 Å². The highest BCUT2D eigenvalue weighted by molar-refractivity contribution is 7.71. The van der Waals surface area contributed by atoms with Gasteiger partial charge in [0.1, 0.15) is 5.75 Å². The van der Waals surface area contributed by atoms with Gasteiger partial charge in [-0.05, 0) is 79.4 Å². The monoisotopic (exact) mass is 438 g/mol. The molecule has 0 radical (unpaired) electrons. The van der Waals surface area contributed by atoms with Crippen LogP contribution in [0.3, 0.4) is 0 Å². The summed E-state index contributed by atoms with van der Waals surface area (Å²) >= 11 is 5.65. The molecule has 0 aliphatic rings. The number of aromatic amines is 1. The summed E-state index contributed by atoms with van der Waals surface area (Å²) in [6.45, 7) is 11.9. The molecule has 0 aliphatic carbocycles. The molecule has 0 unspecified atom stereocenters. The Labute approximate surface area is 191 Å². The van der Waals surface area contributed by atoms with Crippen LogP contribution in [0, 0.1) is 18.6 Å². The normalized spacial score (nSPS) is 11.2. The van der Waals surface area contributed by atoms with Gasteiger partial charge in [0.25, 0.3) is 0 Å². The number of ether oxygens (including phenoxy) is 1. The summed E-state index contributed by atoms with van der Waals surface area (Å²) in [6.07, 6.45) is 2.27. The summed E-state index contributed by atoms with van der Waals surface area (Å²) in [4.78, 5) is 2.24. The van der Waals surface area contributed by atoms with E-state index >= 15 is 0 Å². The highest BCUT2D eigenvalue weighted by atomic mass is 32.1. The third kappa shape index (κ3) is 4.69. The molecular weight excluding hydrogens is 404 g/mol. The number of nitrogens with one attached hydrogen (secondary N) is 1. The lowest BCUT2D eigenvalue weighted by atomic mass is 9.93. The van der Waals surface area contributed by atoms with Crippen molar-refractivity contribution in [2.75, 3.05) is 25.6 Å². The second-order valence-corrected chi connectivity index (χ2v) is 8.88. The number of methoxy groups -OCH3 is 1. The fraction of sp³-hybridized carbons (Fsp3) is 0.440. The van der Waals surface area contributed by atoms with E-state index in [1.54, 1.807) is 7.11 Å². The second kappa shape index (κ2) is 9.69. The highest BCUT2D eigenvalue weighted by Crippen LogP contribution is 2.34. The van der Waals surface area contributed by atoms with Gasteiger partial charge >= 0.3 is 0 Å². The molecule has 0 bridgehead atoms. The van der Waals surface area contributed by atoms with Crippen LogP contribution in [0.4, 0.5) is 5.69 Å². The SMILES string of the molecule is CCCCN(C)c1cc(-n2c(-c3cc(C(C)C)c(C)cc3C)n[nH]c2=S)ccc1OC. The minimum absolute atomic E-state index is 0.439. The molecule has 2 aromatic carbocycles. The highest BCUT2D eigenvalue weighted by Gasteiger charge is 2.18. The molecule has 5 nitrogen and oxygen atoms in total. The molecule has 0 saturated heterocycles. The number of benzene rings is 2. The van der Waals surface area contributed by atoms with Crippen molar-refractivity contribution < 1.29 is 4.74 Å². The Morgan fingerprint density at radius 3 is 2.55 bits per heavy atom. The first-order valence-electron chi connectivity index (χ1n) is 11.0. The first-order valence-corrected chi connectivity index (χ1v) is 11.4. The third-order valence-corrected chi connectivity index (χ3v) is 6.10.